The molecule has 0 heterocycles. The second kappa shape index (κ2) is 6.64. The van der Waals surface area contributed by atoms with Crippen molar-refractivity contribution in [1.29, 1.82) is 0 Å². The van der Waals surface area contributed by atoms with E-state index in [9.17, 15) is 0 Å². The Morgan fingerprint density at radius 2 is 1.67 bits per heavy atom. The number of hydrogen-bond donors (Lipinski definition) is 1. The summed E-state index contributed by atoms with van der Waals surface area (Å²) in [6, 6.07) is 19.2. The first-order valence-electron chi connectivity index (χ1n) is 8.60. The molecule has 124 valence electrons. The summed E-state index contributed by atoms with van der Waals surface area (Å²) in [5, 5.41) is 4.78. The van der Waals surface area contributed by atoms with E-state index >= 15 is 0 Å². The number of allylic oxidation sites excluding steroid dienone is 1. The Hall–Kier alpha value is -2.35. The van der Waals surface area contributed by atoms with Gasteiger partial charge in [0.05, 0.1) is 5.71 Å². The molecule has 0 amide bonds. The Balaban J connectivity index is 1.92. The number of hydrazone groups is 1. The smallest absolute Gasteiger partial charge is 0.0684 e. The zero-order valence-electron chi connectivity index (χ0n) is 15.0. The van der Waals surface area contributed by atoms with Crippen LogP contribution in [0, 0.1) is 0 Å². The second-order valence-electron chi connectivity index (χ2n) is 7.56. The van der Waals surface area contributed by atoms with Crippen LogP contribution in [0.4, 0.5) is 0 Å². The molecule has 1 unspecified atom stereocenters. The van der Waals surface area contributed by atoms with Gasteiger partial charge in [-0.25, -0.2) is 0 Å². The highest BCUT2D eigenvalue weighted by Gasteiger charge is 2.24. The summed E-state index contributed by atoms with van der Waals surface area (Å²) >= 11 is 0. The number of hydrogen-bond acceptors (Lipinski definition) is 2. The molecule has 2 aromatic rings. The van der Waals surface area contributed by atoms with E-state index in [1.54, 1.807) is 0 Å². The molecule has 0 bridgehead atoms. The van der Waals surface area contributed by atoms with Crippen LogP contribution < -0.4 is 5.43 Å². The van der Waals surface area contributed by atoms with E-state index in [4.69, 9.17) is 5.10 Å². The summed E-state index contributed by atoms with van der Waals surface area (Å²) in [7, 11) is 0. The van der Waals surface area contributed by atoms with E-state index in [-0.39, 0.29) is 5.54 Å². The number of nitrogens with zero attached hydrogens (tertiary/aromatic N) is 1. The molecule has 24 heavy (non-hydrogen) atoms. The first kappa shape index (κ1) is 16.5. The molecular weight excluding hydrogens is 292 g/mol. The van der Waals surface area contributed by atoms with Gasteiger partial charge in [0.1, 0.15) is 0 Å². The van der Waals surface area contributed by atoms with Crippen molar-refractivity contribution in [2.75, 3.05) is 0 Å². The predicted octanol–water partition coefficient (Wildman–Crippen LogP) is 5.37. The fourth-order valence-electron chi connectivity index (χ4n) is 3.11. The molecule has 0 spiro atoms. The van der Waals surface area contributed by atoms with Crippen LogP contribution in [0.15, 0.2) is 65.3 Å². The van der Waals surface area contributed by atoms with Crippen LogP contribution in [-0.4, -0.2) is 11.3 Å². The lowest BCUT2D eigenvalue weighted by Crippen LogP contribution is -2.32. The van der Waals surface area contributed by atoms with Gasteiger partial charge in [0.15, 0.2) is 0 Å². The van der Waals surface area contributed by atoms with Gasteiger partial charge in [-0.3, -0.25) is 0 Å². The average Bonchev–Trinajstić information content (AvgIpc) is 2.87. The summed E-state index contributed by atoms with van der Waals surface area (Å²) < 4.78 is 0. The molecule has 1 atom stereocenters. The number of nitrogens with one attached hydrogen (secondary N) is 1. The molecule has 3 rings (SSSR count). The predicted molar refractivity (Wildman–Crippen MR) is 103 cm³/mol. The molecule has 1 aliphatic rings. The Labute approximate surface area is 145 Å². The van der Waals surface area contributed by atoms with E-state index in [0.29, 0.717) is 5.92 Å². The summed E-state index contributed by atoms with van der Waals surface area (Å²) in [5.41, 5.74) is 9.72. The zero-order chi connectivity index (χ0) is 17.2. The van der Waals surface area contributed by atoms with Crippen molar-refractivity contribution >= 4 is 11.8 Å². The number of benzene rings is 2. The zero-order valence-corrected chi connectivity index (χ0v) is 15.0. The number of fused-ring (bicyclic) bond motifs is 1. The summed E-state index contributed by atoms with van der Waals surface area (Å²) in [5.74, 6) is 0.405. The summed E-state index contributed by atoms with van der Waals surface area (Å²) in [6.07, 6.45) is 3.21. The van der Waals surface area contributed by atoms with Crippen LogP contribution >= 0.6 is 0 Å². The molecule has 0 fully saturated rings. The third-order valence-corrected chi connectivity index (χ3v) is 4.34. The molecule has 2 nitrogen and oxygen atoms in total. The largest absolute Gasteiger partial charge is 0.305 e. The monoisotopic (exact) mass is 318 g/mol. The van der Waals surface area contributed by atoms with Gasteiger partial charge < -0.3 is 5.43 Å². The first-order chi connectivity index (χ1) is 11.4. The van der Waals surface area contributed by atoms with Crippen molar-refractivity contribution in [2.45, 2.75) is 45.6 Å². The van der Waals surface area contributed by atoms with Crippen molar-refractivity contribution in [3.05, 3.63) is 76.9 Å². The molecule has 0 aromatic heterocycles. The molecule has 1 N–H and O–H groups in total. The Bertz CT molecular complexity index is 764. The molecular formula is C22H26N2. The molecule has 1 aliphatic carbocycles. The van der Waals surface area contributed by atoms with Crippen LogP contribution in [-0.2, 0) is 0 Å². The van der Waals surface area contributed by atoms with Gasteiger partial charge in [0.25, 0.3) is 0 Å². The van der Waals surface area contributed by atoms with Crippen LogP contribution in [0.3, 0.4) is 0 Å². The Kier molecular flexibility index (Phi) is 4.57. The van der Waals surface area contributed by atoms with E-state index in [1.807, 2.05) is 6.07 Å². The lowest BCUT2D eigenvalue weighted by atomic mass is 9.89. The minimum Gasteiger partial charge on any atom is -0.305 e. The van der Waals surface area contributed by atoms with Crippen LogP contribution in [0.5, 0.6) is 0 Å². The van der Waals surface area contributed by atoms with Crippen LogP contribution in [0.1, 0.15) is 56.7 Å². The number of rotatable bonds is 4. The Morgan fingerprint density at radius 3 is 2.38 bits per heavy atom. The molecule has 0 radical (unpaired) electrons. The van der Waals surface area contributed by atoms with Gasteiger partial charge >= 0.3 is 0 Å². The summed E-state index contributed by atoms with van der Waals surface area (Å²) in [4.78, 5) is 0. The molecule has 0 saturated heterocycles. The lowest BCUT2D eigenvalue weighted by molar-refractivity contribution is 0.440. The van der Waals surface area contributed by atoms with Crippen LogP contribution in [0.25, 0.3) is 6.08 Å². The topological polar surface area (TPSA) is 24.4 Å². The highest BCUT2D eigenvalue weighted by atomic mass is 15.3. The maximum absolute atomic E-state index is 4.78. The van der Waals surface area contributed by atoms with E-state index in [1.165, 1.54) is 22.3 Å². The fourth-order valence-corrected chi connectivity index (χ4v) is 3.11. The quantitative estimate of drug-likeness (QED) is 0.595. The van der Waals surface area contributed by atoms with Gasteiger partial charge in [-0.2, -0.15) is 5.10 Å². The summed E-state index contributed by atoms with van der Waals surface area (Å²) in [6.45, 7) is 8.63. The minimum absolute atomic E-state index is 0.0432. The third kappa shape index (κ3) is 3.76. The van der Waals surface area contributed by atoms with Crippen molar-refractivity contribution in [2.24, 2.45) is 5.10 Å². The van der Waals surface area contributed by atoms with E-state index in [2.05, 4.69) is 87.7 Å². The average molecular weight is 318 g/mol. The van der Waals surface area contributed by atoms with Gasteiger partial charge in [-0.05, 0) is 44.4 Å². The first-order valence-corrected chi connectivity index (χ1v) is 8.60. The molecule has 0 aliphatic heterocycles. The van der Waals surface area contributed by atoms with Crippen molar-refractivity contribution in [1.82, 2.24) is 5.43 Å². The van der Waals surface area contributed by atoms with Gasteiger partial charge in [0.2, 0.25) is 0 Å². The minimum atomic E-state index is -0.0432. The van der Waals surface area contributed by atoms with Gasteiger partial charge in [0, 0.05) is 17.9 Å². The van der Waals surface area contributed by atoms with Crippen LogP contribution in [0.2, 0.25) is 0 Å². The SMILES string of the molecule is CC1=Cc2ccccc2C1CC(=NNC(C)(C)C)c1ccccc1. The molecule has 2 aromatic carbocycles. The molecule has 0 saturated carbocycles. The van der Waals surface area contributed by atoms with Gasteiger partial charge in [-0.1, -0.05) is 66.2 Å². The maximum Gasteiger partial charge on any atom is 0.0684 e. The van der Waals surface area contributed by atoms with Crippen molar-refractivity contribution in [3.8, 4) is 0 Å². The van der Waals surface area contributed by atoms with Crippen molar-refractivity contribution < 1.29 is 0 Å². The third-order valence-electron chi connectivity index (χ3n) is 4.34. The fraction of sp³-hybridized carbons (Fsp3) is 0.318. The van der Waals surface area contributed by atoms with E-state index < -0.39 is 0 Å². The Morgan fingerprint density at radius 1 is 1.00 bits per heavy atom. The second-order valence-corrected chi connectivity index (χ2v) is 7.56. The van der Waals surface area contributed by atoms with E-state index in [0.717, 1.165) is 12.1 Å². The highest BCUT2D eigenvalue weighted by molar-refractivity contribution is 6.01. The highest BCUT2D eigenvalue weighted by Crippen LogP contribution is 2.38. The normalized spacial score (nSPS) is 17.4. The molecule has 2 heteroatoms. The lowest BCUT2D eigenvalue weighted by Gasteiger charge is -2.21. The standard InChI is InChI=1S/C22H26N2/c1-16-14-18-12-8-9-13-19(18)20(16)15-21(23-24-22(2,3)4)17-10-6-5-7-11-17/h5-14,20,24H,15H2,1-4H3. The van der Waals surface area contributed by atoms with Gasteiger partial charge in [-0.15, -0.1) is 0 Å². The van der Waals surface area contributed by atoms with Crippen molar-refractivity contribution in [3.63, 3.8) is 0 Å². The maximum atomic E-state index is 4.78.